The first kappa shape index (κ1) is 9.62. The summed E-state index contributed by atoms with van der Waals surface area (Å²) in [6, 6.07) is 1.94. The third-order valence-corrected chi connectivity index (χ3v) is 1.62. The van der Waals surface area contributed by atoms with Crippen molar-refractivity contribution in [1.29, 1.82) is 5.26 Å². The second kappa shape index (κ2) is 4.53. The number of aryl methyl sites for hydroxylation is 1. The maximum atomic E-state index is 8.51. The van der Waals surface area contributed by atoms with Crippen LogP contribution in [0.1, 0.15) is 18.3 Å². The Bertz CT molecular complexity index is 298. The van der Waals surface area contributed by atoms with Gasteiger partial charge in [-0.25, -0.2) is 0 Å². The van der Waals surface area contributed by atoms with Crippen molar-refractivity contribution in [2.75, 3.05) is 0 Å². The largest absolute Gasteiger partial charge is 0.296 e. The molecule has 1 N–H and O–H groups in total. The summed E-state index contributed by atoms with van der Waals surface area (Å²) in [5.41, 5.74) is 1.75. The van der Waals surface area contributed by atoms with Gasteiger partial charge in [0.2, 0.25) is 0 Å². The normalized spacial score (nSPS) is 12.1. The number of rotatable bonds is 3. The lowest BCUT2D eigenvalue weighted by atomic mass is 10.3. The molecule has 1 atom stereocenters. The van der Waals surface area contributed by atoms with E-state index in [4.69, 9.17) is 5.26 Å². The van der Waals surface area contributed by atoms with E-state index in [2.05, 4.69) is 21.4 Å². The van der Waals surface area contributed by atoms with Crippen LogP contribution in [0.25, 0.3) is 0 Å². The molecule has 68 valence electrons. The van der Waals surface area contributed by atoms with Crippen LogP contribution in [-0.2, 0) is 6.54 Å². The third-order valence-electron chi connectivity index (χ3n) is 1.62. The van der Waals surface area contributed by atoms with E-state index in [1.807, 2.05) is 13.8 Å². The van der Waals surface area contributed by atoms with Gasteiger partial charge in [-0.3, -0.25) is 15.3 Å². The zero-order valence-corrected chi connectivity index (χ0v) is 7.78. The van der Waals surface area contributed by atoms with Crippen LogP contribution < -0.4 is 5.32 Å². The Kier molecular flexibility index (Phi) is 3.35. The molecule has 4 nitrogen and oxygen atoms in total. The molecule has 0 radical (unpaired) electrons. The minimum absolute atomic E-state index is 0.150. The lowest BCUT2D eigenvalue weighted by molar-refractivity contribution is 0.630. The third kappa shape index (κ3) is 3.18. The molecule has 1 aromatic heterocycles. The lowest BCUT2D eigenvalue weighted by Gasteiger charge is -2.04. The number of nitriles is 1. The van der Waals surface area contributed by atoms with Gasteiger partial charge in [-0.2, -0.15) is 5.26 Å². The van der Waals surface area contributed by atoms with Gasteiger partial charge in [-0.1, -0.05) is 0 Å². The molecule has 0 aliphatic heterocycles. The monoisotopic (exact) mass is 176 g/mol. The zero-order chi connectivity index (χ0) is 9.68. The molecule has 0 fully saturated rings. The molecular formula is C9H12N4. The number of nitrogens with one attached hydrogen (secondary N) is 1. The van der Waals surface area contributed by atoms with Crippen LogP contribution in [0, 0.1) is 18.3 Å². The van der Waals surface area contributed by atoms with Crippen molar-refractivity contribution < 1.29 is 0 Å². The van der Waals surface area contributed by atoms with E-state index in [-0.39, 0.29) is 6.04 Å². The molecule has 0 bridgehead atoms. The fourth-order valence-electron chi connectivity index (χ4n) is 0.814. The maximum Gasteiger partial charge on any atom is 0.0927 e. The Hall–Kier alpha value is -1.47. The predicted octanol–water partition coefficient (Wildman–Crippen LogP) is 0.787. The highest BCUT2D eigenvalue weighted by atomic mass is 14.9. The molecule has 0 spiro atoms. The summed E-state index contributed by atoms with van der Waals surface area (Å²) in [6.45, 7) is 4.28. The Morgan fingerprint density at radius 3 is 2.85 bits per heavy atom. The first-order valence-electron chi connectivity index (χ1n) is 4.13. The average Bonchev–Trinajstić information content (AvgIpc) is 2.16. The van der Waals surface area contributed by atoms with Crippen LogP contribution in [0.15, 0.2) is 12.4 Å². The first-order chi connectivity index (χ1) is 6.22. The fraction of sp³-hybridized carbons (Fsp3) is 0.444. The van der Waals surface area contributed by atoms with E-state index in [0.29, 0.717) is 6.54 Å². The number of aromatic nitrogens is 2. The number of hydrogen-bond acceptors (Lipinski definition) is 4. The van der Waals surface area contributed by atoms with Gasteiger partial charge < -0.3 is 0 Å². The molecule has 0 aromatic carbocycles. The number of nitrogens with zero attached hydrogens (tertiary/aromatic N) is 3. The Morgan fingerprint density at radius 2 is 2.31 bits per heavy atom. The molecule has 4 heteroatoms. The molecule has 0 aliphatic carbocycles. The smallest absolute Gasteiger partial charge is 0.0927 e. The van der Waals surface area contributed by atoms with Crippen LogP contribution in [0.4, 0.5) is 0 Å². The molecule has 13 heavy (non-hydrogen) atoms. The van der Waals surface area contributed by atoms with E-state index >= 15 is 0 Å². The minimum Gasteiger partial charge on any atom is -0.296 e. The molecule has 1 aromatic rings. The molecule has 0 saturated heterocycles. The Morgan fingerprint density at radius 1 is 1.54 bits per heavy atom. The standard InChI is InChI=1S/C9H12N4/c1-7(3-10)11-5-9-6-12-8(2)4-13-9/h4,6-7,11H,5H2,1-2H3. The highest BCUT2D eigenvalue weighted by molar-refractivity contribution is 5.01. The summed E-state index contributed by atoms with van der Waals surface area (Å²) in [7, 11) is 0. The summed E-state index contributed by atoms with van der Waals surface area (Å²) < 4.78 is 0. The van der Waals surface area contributed by atoms with E-state index in [9.17, 15) is 0 Å². The second-order valence-corrected chi connectivity index (χ2v) is 2.88. The van der Waals surface area contributed by atoms with Gasteiger partial charge in [-0.15, -0.1) is 0 Å². The Balaban J connectivity index is 2.47. The van der Waals surface area contributed by atoms with Crippen LogP contribution >= 0.6 is 0 Å². The minimum atomic E-state index is -0.150. The lowest BCUT2D eigenvalue weighted by Crippen LogP contribution is -2.24. The van der Waals surface area contributed by atoms with Crippen molar-refractivity contribution in [3.8, 4) is 6.07 Å². The fourth-order valence-corrected chi connectivity index (χ4v) is 0.814. The predicted molar refractivity (Wildman–Crippen MR) is 48.7 cm³/mol. The van der Waals surface area contributed by atoms with E-state index < -0.39 is 0 Å². The molecule has 1 rings (SSSR count). The molecule has 1 heterocycles. The van der Waals surface area contributed by atoms with Crippen molar-refractivity contribution >= 4 is 0 Å². The van der Waals surface area contributed by atoms with Crippen LogP contribution in [0.3, 0.4) is 0 Å². The molecule has 1 unspecified atom stereocenters. The van der Waals surface area contributed by atoms with Crippen molar-refractivity contribution in [2.45, 2.75) is 26.4 Å². The summed E-state index contributed by atoms with van der Waals surface area (Å²) in [4.78, 5) is 8.25. The summed E-state index contributed by atoms with van der Waals surface area (Å²) in [6.07, 6.45) is 3.43. The van der Waals surface area contributed by atoms with Gasteiger partial charge >= 0.3 is 0 Å². The quantitative estimate of drug-likeness (QED) is 0.739. The van der Waals surface area contributed by atoms with E-state index in [1.54, 1.807) is 12.4 Å². The highest BCUT2D eigenvalue weighted by Gasteiger charge is 1.99. The second-order valence-electron chi connectivity index (χ2n) is 2.88. The van der Waals surface area contributed by atoms with Gasteiger partial charge in [0.05, 0.1) is 23.5 Å². The van der Waals surface area contributed by atoms with Gasteiger partial charge in [0.1, 0.15) is 0 Å². The Labute approximate surface area is 77.6 Å². The van der Waals surface area contributed by atoms with Crippen LogP contribution in [0.2, 0.25) is 0 Å². The number of hydrogen-bond donors (Lipinski definition) is 1. The molecule has 0 saturated carbocycles. The van der Waals surface area contributed by atoms with Gasteiger partial charge in [0.15, 0.2) is 0 Å². The molecule has 0 aliphatic rings. The summed E-state index contributed by atoms with van der Waals surface area (Å²) >= 11 is 0. The van der Waals surface area contributed by atoms with E-state index in [0.717, 1.165) is 11.4 Å². The van der Waals surface area contributed by atoms with Gasteiger partial charge in [0, 0.05) is 18.9 Å². The average molecular weight is 176 g/mol. The first-order valence-corrected chi connectivity index (χ1v) is 4.13. The van der Waals surface area contributed by atoms with Gasteiger partial charge in [0.25, 0.3) is 0 Å². The van der Waals surface area contributed by atoms with Crippen molar-refractivity contribution in [3.05, 3.63) is 23.8 Å². The maximum absolute atomic E-state index is 8.51. The SMILES string of the molecule is Cc1cnc(CNC(C)C#N)cn1. The highest BCUT2D eigenvalue weighted by Crippen LogP contribution is 1.93. The van der Waals surface area contributed by atoms with Crippen LogP contribution in [0.5, 0.6) is 0 Å². The summed E-state index contributed by atoms with van der Waals surface area (Å²) in [5, 5.41) is 11.5. The van der Waals surface area contributed by atoms with E-state index in [1.165, 1.54) is 0 Å². The molecular weight excluding hydrogens is 164 g/mol. The van der Waals surface area contributed by atoms with Crippen molar-refractivity contribution in [1.82, 2.24) is 15.3 Å². The zero-order valence-electron chi connectivity index (χ0n) is 7.78. The van der Waals surface area contributed by atoms with Crippen LogP contribution in [-0.4, -0.2) is 16.0 Å². The molecule has 0 amide bonds. The topological polar surface area (TPSA) is 61.6 Å². The van der Waals surface area contributed by atoms with Crippen molar-refractivity contribution in [2.24, 2.45) is 0 Å². The van der Waals surface area contributed by atoms with Crippen molar-refractivity contribution in [3.63, 3.8) is 0 Å². The summed E-state index contributed by atoms with van der Waals surface area (Å²) in [5.74, 6) is 0. The van der Waals surface area contributed by atoms with Gasteiger partial charge in [-0.05, 0) is 13.8 Å².